The van der Waals surface area contributed by atoms with Crippen LogP contribution < -0.4 is 11.1 Å². The van der Waals surface area contributed by atoms with E-state index in [-0.39, 0.29) is 11.4 Å². The van der Waals surface area contributed by atoms with Gasteiger partial charge in [0.2, 0.25) is 0 Å². The Balaban J connectivity index is 1.57. The number of hydrogen-bond donors (Lipinski definition) is 3. The molecular formula is C24H23F2IN4O2. The SMILES string of the molecule is Nc1ncc(C2CCCC2)nc1-c1ccc(C(=O)N[C@H](CO)c2cc(F)cc(I)c2)c(F)c1. The fourth-order valence-corrected chi connectivity index (χ4v) is 4.79. The molecule has 172 valence electrons. The Labute approximate surface area is 203 Å². The Morgan fingerprint density at radius 1 is 1.21 bits per heavy atom. The molecule has 1 fully saturated rings. The van der Waals surface area contributed by atoms with Gasteiger partial charge >= 0.3 is 0 Å². The number of aromatic nitrogens is 2. The lowest BCUT2D eigenvalue weighted by atomic mass is 10.0. The average Bonchev–Trinajstić information content (AvgIpc) is 3.32. The summed E-state index contributed by atoms with van der Waals surface area (Å²) in [4.78, 5) is 21.6. The molecule has 0 radical (unpaired) electrons. The van der Waals surface area contributed by atoms with Crippen LogP contribution in [0.15, 0.2) is 42.6 Å². The fourth-order valence-electron chi connectivity index (χ4n) is 4.14. The number of nitrogens with zero attached hydrogens (tertiary/aromatic N) is 2. The highest BCUT2D eigenvalue weighted by Crippen LogP contribution is 2.34. The molecule has 0 spiro atoms. The molecular weight excluding hydrogens is 541 g/mol. The molecule has 6 nitrogen and oxygen atoms in total. The molecule has 3 aromatic rings. The minimum atomic E-state index is -0.884. The monoisotopic (exact) mass is 564 g/mol. The molecule has 33 heavy (non-hydrogen) atoms. The third-order valence-corrected chi connectivity index (χ3v) is 6.48. The number of benzene rings is 2. The summed E-state index contributed by atoms with van der Waals surface area (Å²) in [6, 6.07) is 7.42. The Morgan fingerprint density at radius 3 is 2.64 bits per heavy atom. The number of hydrogen-bond acceptors (Lipinski definition) is 5. The van der Waals surface area contributed by atoms with Crippen molar-refractivity contribution >= 4 is 34.3 Å². The summed E-state index contributed by atoms with van der Waals surface area (Å²) in [5.74, 6) is -1.46. The first kappa shape index (κ1) is 23.5. The number of nitrogen functional groups attached to an aromatic ring is 1. The second-order valence-electron chi connectivity index (χ2n) is 8.12. The van der Waals surface area contributed by atoms with E-state index < -0.39 is 30.2 Å². The van der Waals surface area contributed by atoms with E-state index in [1.54, 1.807) is 18.3 Å². The molecule has 1 aliphatic carbocycles. The van der Waals surface area contributed by atoms with Crippen molar-refractivity contribution < 1.29 is 18.7 Å². The smallest absolute Gasteiger partial charge is 0.254 e. The van der Waals surface area contributed by atoms with Gasteiger partial charge in [0.1, 0.15) is 23.1 Å². The molecule has 1 atom stereocenters. The van der Waals surface area contributed by atoms with E-state index >= 15 is 0 Å². The van der Waals surface area contributed by atoms with Gasteiger partial charge in [0.15, 0.2) is 0 Å². The van der Waals surface area contributed by atoms with E-state index in [0.29, 0.717) is 26.3 Å². The maximum absolute atomic E-state index is 14.9. The van der Waals surface area contributed by atoms with Crippen molar-refractivity contribution in [3.8, 4) is 11.3 Å². The van der Waals surface area contributed by atoms with Crippen molar-refractivity contribution in [1.29, 1.82) is 0 Å². The standard InChI is InChI=1S/C24H23F2IN4O2/c25-16-7-15(8-17(27)10-16)21(12-32)31-24(33)18-6-5-14(9-19(18)26)22-23(28)29-11-20(30-22)13-3-1-2-4-13/h5-11,13,21,32H,1-4,12H2,(H2,28,29)(H,31,33)/t21-/m1/s1. The van der Waals surface area contributed by atoms with E-state index in [1.807, 2.05) is 22.6 Å². The lowest BCUT2D eigenvalue weighted by Gasteiger charge is -2.18. The van der Waals surface area contributed by atoms with E-state index in [0.717, 1.165) is 31.4 Å². The van der Waals surface area contributed by atoms with Crippen molar-refractivity contribution in [3.63, 3.8) is 0 Å². The number of nitrogens with one attached hydrogen (secondary N) is 1. The summed E-state index contributed by atoms with van der Waals surface area (Å²) in [6.07, 6.45) is 6.06. The van der Waals surface area contributed by atoms with Gasteiger partial charge in [-0.2, -0.15) is 0 Å². The van der Waals surface area contributed by atoms with Gasteiger partial charge in [0.25, 0.3) is 5.91 Å². The number of nitrogens with two attached hydrogens (primary N) is 1. The maximum Gasteiger partial charge on any atom is 0.254 e. The number of rotatable bonds is 6. The van der Waals surface area contributed by atoms with E-state index in [4.69, 9.17) is 5.73 Å². The summed E-state index contributed by atoms with van der Waals surface area (Å²) in [7, 11) is 0. The first-order chi connectivity index (χ1) is 15.9. The lowest BCUT2D eigenvalue weighted by Crippen LogP contribution is -2.31. The van der Waals surface area contributed by atoms with Gasteiger partial charge in [-0.25, -0.2) is 18.7 Å². The minimum Gasteiger partial charge on any atom is -0.394 e. The Hall–Kier alpha value is -2.66. The quantitative estimate of drug-likeness (QED) is 0.376. The van der Waals surface area contributed by atoms with Gasteiger partial charge in [0.05, 0.1) is 30.1 Å². The van der Waals surface area contributed by atoms with Crippen LogP contribution in [0.5, 0.6) is 0 Å². The highest BCUT2D eigenvalue weighted by Gasteiger charge is 2.22. The lowest BCUT2D eigenvalue weighted by molar-refractivity contribution is 0.0912. The Morgan fingerprint density at radius 2 is 1.97 bits per heavy atom. The summed E-state index contributed by atoms with van der Waals surface area (Å²) in [5, 5.41) is 12.3. The molecule has 1 heterocycles. The zero-order valence-corrected chi connectivity index (χ0v) is 19.9. The van der Waals surface area contributed by atoms with Gasteiger partial charge in [-0.05, 0) is 71.3 Å². The van der Waals surface area contributed by atoms with Crippen molar-refractivity contribution in [3.05, 3.63) is 74.6 Å². The second kappa shape index (κ2) is 10.1. The molecule has 9 heteroatoms. The summed E-state index contributed by atoms with van der Waals surface area (Å²) < 4.78 is 29.3. The van der Waals surface area contributed by atoms with E-state index in [1.165, 1.54) is 24.3 Å². The van der Waals surface area contributed by atoms with Gasteiger partial charge in [0, 0.05) is 15.1 Å². The van der Waals surface area contributed by atoms with Crippen LogP contribution in [0.3, 0.4) is 0 Å². The molecule has 2 aromatic carbocycles. The van der Waals surface area contributed by atoms with E-state index in [9.17, 15) is 18.7 Å². The van der Waals surface area contributed by atoms with Crippen LogP contribution in [-0.4, -0.2) is 27.6 Å². The number of carbonyl (C=O) groups excluding carboxylic acids is 1. The number of amides is 1. The molecule has 1 amide bonds. The molecule has 1 aliphatic rings. The van der Waals surface area contributed by atoms with Crippen LogP contribution in [0.2, 0.25) is 0 Å². The van der Waals surface area contributed by atoms with Crippen LogP contribution in [0, 0.1) is 15.2 Å². The van der Waals surface area contributed by atoms with Gasteiger partial charge in [-0.1, -0.05) is 18.9 Å². The maximum atomic E-state index is 14.9. The number of aliphatic hydroxyl groups is 1. The minimum absolute atomic E-state index is 0.189. The highest BCUT2D eigenvalue weighted by molar-refractivity contribution is 14.1. The van der Waals surface area contributed by atoms with Crippen LogP contribution in [-0.2, 0) is 0 Å². The number of carbonyl (C=O) groups is 1. The molecule has 4 N–H and O–H groups in total. The third kappa shape index (κ3) is 5.30. The summed E-state index contributed by atoms with van der Waals surface area (Å²) in [5.41, 5.74) is 7.84. The van der Waals surface area contributed by atoms with Crippen LogP contribution in [0.1, 0.15) is 59.3 Å². The van der Waals surface area contributed by atoms with Gasteiger partial charge in [-0.15, -0.1) is 0 Å². The predicted molar refractivity (Wildman–Crippen MR) is 129 cm³/mol. The van der Waals surface area contributed by atoms with Crippen molar-refractivity contribution in [2.24, 2.45) is 0 Å². The zero-order chi connectivity index (χ0) is 23.5. The summed E-state index contributed by atoms with van der Waals surface area (Å²) >= 11 is 1.94. The van der Waals surface area contributed by atoms with Crippen LogP contribution in [0.4, 0.5) is 14.6 Å². The Kier molecular flexibility index (Phi) is 7.18. The van der Waals surface area contributed by atoms with Crippen LogP contribution in [0.25, 0.3) is 11.3 Å². The predicted octanol–water partition coefficient (Wildman–Crippen LogP) is 4.73. The third-order valence-electron chi connectivity index (χ3n) is 5.86. The topological polar surface area (TPSA) is 101 Å². The average molecular weight is 564 g/mol. The molecule has 1 aromatic heterocycles. The number of aliphatic hydroxyl groups excluding tert-OH is 1. The molecule has 0 unspecified atom stereocenters. The Bertz CT molecular complexity index is 1160. The highest BCUT2D eigenvalue weighted by atomic mass is 127. The molecule has 4 rings (SSSR count). The van der Waals surface area contributed by atoms with Gasteiger partial charge in [-0.3, -0.25) is 4.79 Å². The fraction of sp³-hybridized carbons (Fsp3) is 0.292. The van der Waals surface area contributed by atoms with Crippen molar-refractivity contribution in [2.45, 2.75) is 37.6 Å². The first-order valence-electron chi connectivity index (χ1n) is 10.7. The molecule has 0 aliphatic heterocycles. The van der Waals surface area contributed by atoms with Crippen molar-refractivity contribution in [1.82, 2.24) is 15.3 Å². The second-order valence-corrected chi connectivity index (χ2v) is 9.36. The first-order valence-corrected chi connectivity index (χ1v) is 11.7. The van der Waals surface area contributed by atoms with Crippen molar-refractivity contribution in [2.75, 3.05) is 12.3 Å². The number of anilines is 1. The summed E-state index contributed by atoms with van der Waals surface area (Å²) in [6.45, 7) is -0.467. The molecule has 1 saturated carbocycles. The number of halogens is 3. The largest absolute Gasteiger partial charge is 0.394 e. The van der Waals surface area contributed by atoms with E-state index in [2.05, 4.69) is 15.3 Å². The van der Waals surface area contributed by atoms with Crippen LogP contribution >= 0.6 is 22.6 Å². The normalized spacial score (nSPS) is 14.9. The molecule has 0 bridgehead atoms. The molecule has 0 saturated heterocycles. The van der Waals surface area contributed by atoms with Gasteiger partial charge < -0.3 is 16.2 Å². The zero-order valence-electron chi connectivity index (χ0n) is 17.7.